The molecule has 0 saturated heterocycles. The smallest absolute Gasteiger partial charge is 0.306 e. The number of ether oxygens (including phenoxy) is 1. The largest absolute Gasteiger partial charge is 0.462 e. The first-order valence-electron chi connectivity index (χ1n) is 24.6. The molecule has 6 heteroatoms. The number of carbonyl (C=O) groups excluding carboxylic acids is 2. The fourth-order valence-electron chi connectivity index (χ4n) is 7.19. The van der Waals surface area contributed by atoms with Crippen molar-refractivity contribution in [2.24, 2.45) is 0 Å². The Morgan fingerprint density at radius 3 is 1.53 bits per heavy atom. The van der Waals surface area contributed by atoms with Gasteiger partial charge < -0.3 is 20.3 Å². The zero-order valence-corrected chi connectivity index (χ0v) is 38.2. The van der Waals surface area contributed by atoms with Crippen LogP contribution in [-0.2, 0) is 14.3 Å². The van der Waals surface area contributed by atoms with Crippen LogP contribution in [0.4, 0.5) is 0 Å². The first-order valence-corrected chi connectivity index (χ1v) is 24.6. The summed E-state index contributed by atoms with van der Waals surface area (Å²) in [7, 11) is 0. The molecule has 0 heterocycles. The number of hydrogen-bond acceptors (Lipinski definition) is 5. The summed E-state index contributed by atoms with van der Waals surface area (Å²) in [4.78, 5) is 26.0. The van der Waals surface area contributed by atoms with Gasteiger partial charge in [0.05, 0.1) is 25.2 Å². The van der Waals surface area contributed by atoms with E-state index >= 15 is 0 Å². The summed E-state index contributed by atoms with van der Waals surface area (Å²) >= 11 is 0. The van der Waals surface area contributed by atoms with Gasteiger partial charge in [-0.3, -0.25) is 9.59 Å². The average molecular weight is 812 g/mol. The van der Waals surface area contributed by atoms with Crippen LogP contribution in [0.2, 0.25) is 0 Å². The summed E-state index contributed by atoms with van der Waals surface area (Å²) in [6.07, 6.45) is 55.7. The van der Waals surface area contributed by atoms with E-state index < -0.39 is 18.2 Å². The van der Waals surface area contributed by atoms with Gasteiger partial charge in [0.2, 0.25) is 5.91 Å². The number of aliphatic hydroxyl groups excluding tert-OH is 2. The third kappa shape index (κ3) is 40.3. The number of esters is 1. The van der Waals surface area contributed by atoms with Crippen LogP contribution >= 0.6 is 0 Å². The van der Waals surface area contributed by atoms with Crippen LogP contribution in [0.25, 0.3) is 0 Å². The van der Waals surface area contributed by atoms with Crippen molar-refractivity contribution in [2.75, 3.05) is 6.61 Å². The highest BCUT2D eigenvalue weighted by Gasteiger charge is 2.24. The van der Waals surface area contributed by atoms with E-state index in [0.717, 1.165) is 96.3 Å². The lowest BCUT2D eigenvalue weighted by Crippen LogP contribution is -2.46. The fraction of sp³-hybridized carbons (Fsp3) is 0.769. The third-order valence-corrected chi connectivity index (χ3v) is 10.9. The Kier molecular flexibility index (Phi) is 43.7. The van der Waals surface area contributed by atoms with E-state index in [4.69, 9.17) is 4.74 Å². The van der Waals surface area contributed by atoms with Crippen LogP contribution in [0.5, 0.6) is 0 Å². The van der Waals surface area contributed by atoms with Crippen LogP contribution in [-0.4, -0.2) is 46.9 Å². The first kappa shape index (κ1) is 55.6. The summed E-state index contributed by atoms with van der Waals surface area (Å²) in [6.45, 7) is 6.29. The molecule has 3 N–H and O–H groups in total. The number of carbonyl (C=O) groups is 2. The minimum Gasteiger partial charge on any atom is -0.462 e. The fourth-order valence-corrected chi connectivity index (χ4v) is 7.19. The molecule has 0 aromatic heterocycles. The Morgan fingerprint density at radius 1 is 0.517 bits per heavy atom. The number of rotatable bonds is 43. The molecule has 1 amide bonds. The Hall–Kier alpha value is -2.44. The number of allylic oxidation sites excluding steroid dienone is 10. The van der Waals surface area contributed by atoms with Gasteiger partial charge >= 0.3 is 5.97 Å². The maximum atomic E-state index is 13.1. The van der Waals surface area contributed by atoms with Gasteiger partial charge in [-0.05, 0) is 64.2 Å². The molecule has 0 radical (unpaired) electrons. The van der Waals surface area contributed by atoms with Crippen molar-refractivity contribution in [3.05, 3.63) is 60.8 Å². The lowest BCUT2D eigenvalue weighted by atomic mass is 10.0. The summed E-state index contributed by atoms with van der Waals surface area (Å²) in [5.74, 6) is -0.520. The Morgan fingerprint density at radius 2 is 0.966 bits per heavy atom. The highest BCUT2D eigenvalue weighted by molar-refractivity contribution is 5.77. The number of aliphatic hydroxyl groups is 2. The van der Waals surface area contributed by atoms with Gasteiger partial charge in [0.1, 0.15) is 6.10 Å². The van der Waals surface area contributed by atoms with E-state index in [2.05, 4.69) is 68.6 Å². The summed E-state index contributed by atoms with van der Waals surface area (Å²) < 4.78 is 5.89. The third-order valence-electron chi connectivity index (χ3n) is 10.9. The molecular weight excluding hydrogens is 719 g/mol. The summed E-state index contributed by atoms with van der Waals surface area (Å²) in [5.41, 5.74) is 0. The van der Waals surface area contributed by atoms with E-state index in [1.807, 2.05) is 18.2 Å². The molecule has 0 aromatic rings. The maximum absolute atomic E-state index is 13.1. The molecule has 0 rings (SSSR count). The molecule has 0 aliphatic heterocycles. The monoisotopic (exact) mass is 812 g/mol. The molecule has 0 bridgehead atoms. The second-order valence-corrected chi connectivity index (χ2v) is 16.6. The van der Waals surface area contributed by atoms with Crippen molar-refractivity contribution in [1.29, 1.82) is 0 Å². The average Bonchev–Trinajstić information content (AvgIpc) is 3.22. The molecule has 6 nitrogen and oxygen atoms in total. The van der Waals surface area contributed by atoms with Crippen LogP contribution in [0.1, 0.15) is 233 Å². The van der Waals surface area contributed by atoms with Gasteiger partial charge in [-0.2, -0.15) is 0 Å². The molecule has 3 unspecified atom stereocenters. The van der Waals surface area contributed by atoms with Crippen molar-refractivity contribution >= 4 is 11.9 Å². The summed E-state index contributed by atoms with van der Waals surface area (Å²) in [6, 6.07) is -0.711. The molecule has 0 aliphatic rings. The molecule has 336 valence electrons. The Labute approximate surface area is 358 Å². The topological polar surface area (TPSA) is 95.9 Å². The van der Waals surface area contributed by atoms with E-state index in [0.29, 0.717) is 19.3 Å². The lowest BCUT2D eigenvalue weighted by molar-refractivity contribution is -0.151. The summed E-state index contributed by atoms with van der Waals surface area (Å²) in [5, 5.41) is 23.7. The number of nitrogens with one attached hydrogen (secondary N) is 1. The van der Waals surface area contributed by atoms with Crippen LogP contribution in [0, 0.1) is 0 Å². The number of unbranched alkanes of at least 4 members (excludes halogenated alkanes) is 24. The van der Waals surface area contributed by atoms with Crippen molar-refractivity contribution in [3.63, 3.8) is 0 Å². The predicted molar refractivity (Wildman–Crippen MR) is 250 cm³/mol. The van der Waals surface area contributed by atoms with E-state index in [-0.39, 0.29) is 24.9 Å². The molecule has 58 heavy (non-hydrogen) atoms. The molecule has 0 aromatic carbocycles. The quantitative estimate of drug-likeness (QED) is 0.0247. The molecule has 3 atom stereocenters. The maximum Gasteiger partial charge on any atom is 0.306 e. The van der Waals surface area contributed by atoms with Gasteiger partial charge in [-0.25, -0.2) is 0 Å². The van der Waals surface area contributed by atoms with Crippen LogP contribution < -0.4 is 5.32 Å². The van der Waals surface area contributed by atoms with Gasteiger partial charge in [0.15, 0.2) is 0 Å². The molecule has 0 aliphatic carbocycles. The number of hydrogen-bond donors (Lipinski definition) is 3. The highest BCUT2D eigenvalue weighted by Crippen LogP contribution is 2.17. The highest BCUT2D eigenvalue weighted by atomic mass is 16.5. The zero-order chi connectivity index (χ0) is 42.4. The normalized spacial score (nSPS) is 13.8. The molecule has 0 fully saturated rings. The Balaban J connectivity index is 4.52. The van der Waals surface area contributed by atoms with Crippen LogP contribution in [0.3, 0.4) is 0 Å². The SMILES string of the molecule is CC/C=C/C=C/C=C/C=C\CCCCCCCC(=O)OC(CCCCC/C=C\CCCC)CC(=O)NC(CO)C(O)CCCCCCCCCCCCCCCCC. The predicted octanol–water partition coefficient (Wildman–Crippen LogP) is 14.5. The second-order valence-electron chi connectivity index (χ2n) is 16.6. The minimum atomic E-state index is -0.796. The number of amides is 1. The van der Waals surface area contributed by atoms with E-state index in [9.17, 15) is 19.8 Å². The van der Waals surface area contributed by atoms with Gasteiger partial charge in [0.25, 0.3) is 0 Å². The van der Waals surface area contributed by atoms with E-state index in [1.54, 1.807) is 0 Å². The Bertz CT molecular complexity index is 1050. The minimum absolute atomic E-state index is 0.0553. The molecule has 0 saturated carbocycles. The van der Waals surface area contributed by atoms with E-state index in [1.165, 1.54) is 89.9 Å². The van der Waals surface area contributed by atoms with Crippen molar-refractivity contribution in [3.8, 4) is 0 Å². The standard InChI is InChI=1S/C52H93NO5/c1-4-7-10-13-16-19-21-23-25-27-29-32-35-38-41-44-50(55)49(47-54)53-51(56)46-48(43-40-37-34-31-18-15-12-9-6-3)58-52(57)45-42-39-36-33-30-28-26-24-22-20-17-14-11-8-5-2/h8,11,14-15,17-18,20,22,24,26,48-50,54-55H,4-7,9-10,12-13,16,19,21,23,25,27-47H2,1-3H3,(H,53,56)/b11-8+,17-14+,18-15-,22-20+,26-24-. The van der Waals surface area contributed by atoms with Crippen LogP contribution in [0.15, 0.2) is 60.8 Å². The lowest BCUT2D eigenvalue weighted by Gasteiger charge is -2.24. The van der Waals surface area contributed by atoms with Crippen molar-refractivity contribution in [2.45, 2.75) is 251 Å². The van der Waals surface area contributed by atoms with Gasteiger partial charge in [-0.1, -0.05) is 216 Å². The zero-order valence-electron chi connectivity index (χ0n) is 38.2. The molecule has 0 spiro atoms. The first-order chi connectivity index (χ1) is 28.5. The van der Waals surface area contributed by atoms with Gasteiger partial charge in [-0.15, -0.1) is 0 Å². The molecular formula is C52H93NO5. The van der Waals surface area contributed by atoms with Crippen molar-refractivity contribution < 1.29 is 24.5 Å². The second kappa shape index (κ2) is 45.6. The van der Waals surface area contributed by atoms with Crippen molar-refractivity contribution in [1.82, 2.24) is 5.32 Å². The van der Waals surface area contributed by atoms with Gasteiger partial charge in [0, 0.05) is 6.42 Å².